The molecule has 22 heavy (non-hydrogen) atoms. The molecular formula is C17H28O5. The summed E-state index contributed by atoms with van der Waals surface area (Å²) in [7, 11) is 0. The zero-order chi connectivity index (χ0) is 16.8. The topological polar surface area (TPSA) is 61.8 Å². The van der Waals surface area contributed by atoms with E-state index in [1.807, 2.05) is 20.8 Å². The molecule has 0 aliphatic heterocycles. The van der Waals surface area contributed by atoms with E-state index in [1.165, 1.54) is 6.92 Å². The van der Waals surface area contributed by atoms with Crippen LogP contribution in [0, 0.1) is 5.92 Å². The van der Waals surface area contributed by atoms with Gasteiger partial charge in [-0.25, -0.2) is 9.59 Å². The normalized spacial score (nSPS) is 18.0. The first kappa shape index (κ1) is 18.7. The predicted molar refractivity (Wildman–Crippen MR) is 83.3 cm³/mol. The highest BCUT2D eigenvalue weighted by Crippen LogP contribution is 2.39. The third kappa shape index (κ3) is 5.44. The Morgan fingerprint density at radius 3 is 2.27 bits per heavy atom. The van der Waals surface area contributed by atoms with Gasteiger partial charge in [-0.1, -0.05) is 13.5 Å². The molecule has 0 aromatic carbocycles. The van der Waals surface area contributed by atoms with Crippen molar-refractivity contribution in [2.24, 2.45) is 5.92 Å². The summed E-state index contributed by atoms with van der Waals surface area (Å²) in [6.45, 7) is 11.2. The molecule has 0 amide bonds. The Morgan fingerprint density at radius 2 is 1.77 bits per heavy atom. The van der Waals surface area contributed by atoms with Crippen molar-refractivity contribution < 1.29 is 23.8 Å². The third-order valence-corrected chi connectivity index (χ3v) is 4.01. The highest BCUT2D eigenvalue weighted by molar-refractivity contribution is 5.88. The minimum absolute atomic E-state index is 0.109. The molecule has 1 aliphatic rings. The largest absolute Gasteiger partial charge is 0.456 e. The van der Waals surface area contributed by atoms with Gasteiger partial charge >= 0.3 is 11.9 Å². The van der Waals surface area contributed by atoms with Crippen molar-refractivity contribution in [3.63, 3.8) is 0 Å². The van der Waals surface area contributed by atoms with Crippen LogP contribution in [-0.2, 0) is 23.8 Å². The number of rotatable bonds is 8. The van der Waals surface area contributed by atoms with Crippen LogP contribution in [0.25, 0.3) is 0 Å². The van der Waals surface area contributed by atoms with Gasteiger partial charge in [-0.05, 0) is 46.5 Å². The SMILES string of the molecule is C=C(C)C(=O)OCC(=O)OC1(C(C)COC(C)C)CCCC1. The van der Waals surface area contributed by atoms with Crippen LogP contribution in [0.5, 0.6) is 0 Å². The van der Waals surface area contributed by atoms with Crippen LogP contribution in [0.1, 0.15) is 53.4 Å². The lowest BCUT2D eigenvalue weighted by molar-refractivity contribution is -0.176. The van der Waals surface area contributed by atoms with Gasteiger partial charge in [0.25, 0.3) is 0 Å². The summed E-state index contributed by atoms with van der Waals surface area (Å²) in [5.74, 6) is -0.972. The van der Waals surface area contributed by atoms with E-state index in [-0.39, 0.29) is 24.2 Å². The number of carbonyl (C=O) groups is 2. The molecule has 0 heterocycles. The number of ether oxygens (including phenoxy) is 3. The van der Waals surface area contributed by atoms with E-state index in [1.54, 1.807) is 0 Å². The van der Waals surface area contributed by atoms with E-state index >= 15 is 0 Å². The molecule has 0 spiro atoms. The maximum atomic E-state index is 12.0. The number of carbonyl (C=O) groups excluding carboxylic acids is 2. The van der Waals surface area contributed by atoms with Gasteiger partial charge in [0.2, 0.25) is 0 Å². The lowest BCUT2D eigenvalue weighted by Gasteiger charge is -2.35. The van der Waals surface area contributed by atoms with E-state index in [9.17, 15) is 9.59 Å². The molecule has 0 aromatic heterocycles. The molecule has 1 atom stereocenters. The first-order chi connectivity index (χ1) is 10.3. The molecule has 1 unspecified atom stereocenters. The fourth-order valence-corrected chi connectivity index (χ4v) is 2.66. The molecule has 5 heteroatoms. The summed E-state index contributed by atoms with van der Waals surface area (Å²) in [6.07, 6.45) is 3.87. The second-order valence-electron chi connectivity index (χ2n) is 6.39. The number of hydrogen-bond donors (Lipinski definition) is 0. The van der Waals surface area contributed by atoms with Crippen LogP contribution in [0.4, 0.5) is 0 Å². The second-order valence-corrected chi connectivity index (χ2v) is 6.39. The predicted octanol–water partition coefficient (Wildman–Crippen LogP) is 3.02. The zero-order valence-corrected chi connectivity index (χ0v) is 14.1. The Kier molecular flexibility index (Phi) is 7.07. The maximum Gasteiger partial charge on any atom is 0.344 e. The Morgan fingerprint density at radius 1 is 1.18 bits per heavy atom. The van der Waals surface area contributed by atoms with Gasteiger partial charge in [0.05, 0.1) is 12.7 Å². The molecule has 1 fully saturated rings. The lowest BCUT2D eigenvalue weighted by Crippen LogP contribution is -2.42. The Labute approximate surface area is 133 Å². The molecule has 5 nitrogen and oxygen atoms in total. The number of esters is 2. The molecule has 0 saturated heterocycles. The highest BCUT2D eigenvalue weighted by Gasteiger charge is 2.43. The van der Waals surface area contributed by atoms with Gasteiger partial charge in [-0.3, -0.25) is 0 Å². The molecule has 0 radical (unpaired) electrons. The average molecular weight is 312 g/mol. The van der Waals surface area contributed by atoms with Crippen molar-refractivity contribution in [2.75, 3.05) is 13.2 Å². The van der Waals surface area contributed by atoms with E-state index in [0.717, 1.165) is 25.7 Å². The van der Waals surface area contributed by atoms with Crippen molar-refractivity contribution >= 4 is 11.9 Å². The van der Waals surface area contributed by atoms with Gasteiger partial charge in [-0.15, -0.1) is 0 Å². The van der Waals surface area contributed by atoms with E-state index in [0.29, 0.717) is 6.61 Å². The van der Waals surface area contributed by atoms with E-state index in [2.05, 4.69) is 6.58 Å². The average Bonchev–Trinajstić information content (AvgIpc) is 2.91. The van der Waals surface area contributed by atoms with E-state index in [4.69, 9.17) is 14.2 Å². The van der Waals surface area contributed by atoms with Gasteiger partial charge in [0.1, 0.15) is 5.60 Å². The molecule has 126 valence electrons. The fourth-order valence-electron chi connectivity index (χ4n) is 2.66. The molecular weight excluding hydrogens is 284 g/mol. The Hall–Kier alpha value is -1.36. The molecule has 0 N–H and O–H groups in total. The smallest absolute Gasteiger partial charge is 0.344 e. The highest BCUT2D eigenvalue weighted by atomic mass is 16.6. The summed E-state index contributed by atoms with van der Waals surface area (Å²) >= 11 is 0. The van der Waals surface area contributed by atoms with Gasteiger partial charge < -0.3 is 14.2 Å². The first-order valence-corrected chi connectivity index (χ1v) is 7.93. The van der Waals surface area contributed by atoms with Gasteiger partial charge in [0.15, 0.2) is 6.61 Å². The van der Waals surface area contributed by atoms with Crippen LogP contribution in [0.15, 0.2) is 12.2 Å². The monoisotopic (exact) mass is 312 g/mol. The summed E-state index contributed by atoms with van der Waals surface area (Å²) < 4.78 is 16.2. The van der Waals surface area contributed by atoms with Crippen molar-refractivity contribution in [1.29, 1.82) is 0 Å². The summed E-state index contributed by atoms with van der Waals surface area (Å²) in [4.78, 5) is 23.3. The quantitative estimate of drug-likeness (QED) is 0.509. The van der Waals surface area contributed by atoms with Gasteiger partial charge in [0, 0.05) is 11.5 Å². The zero-order valence-electron chi connectivity index (χ0n) is 14.1. The molecule has 1 saturated carbocycles. The summed E-state index contributed by atoms with van der Waals surface area (Å²) in [5, 5.41) is 0. The van der Waals surface area contributed by atoms with Crippen molar-refractivity contribution in [1.82, 2.24) is 0 Å². The van der Waals surface area contributed by atoms with Crippen LogP contribution in [-0.4, -0.2) is 36.9 Å². The minimum Gasteiger partial charge on any atom is -0.456 e. The Balaban J connectivity index is 2.57. The van der Waals surface area contributed by atoms with Crippen LogP contribution >= 0.6 is 0 Å². The molecule has 0 bridgehead atoms. The molecule has 0 aromatic rings. The summed E-state index contributed by atoms with van der Waals surface area (Å²) in [6, 6.07) is 0. The van der Waals surface area contributed by atoms with E-state index < -0.39 is 17.5 Å². The third-order valence-electron chi connectivity index (χ3n) is 4.01. The van der Waals surface area contributed by atoms with Crippen molar-refractivity contribution in [3.05, 3.63) is 12.2 Å². The Bertz CT molecular complexity index is 407. The standard InChI is InChI=1S/C17H28O5/c1-12(2)16(19)21-11-15(18)22-17(8-6-7-9-17)14(5)10-20-13(3)4/h13-14H,1,6-11H2,2-5H3. The summed E-state index contributed by atoms with van der Waals surface area (Å²) in [5.41, 5.74) is -0.233. The van der Waals surface area contributed by atoms with Crippen LogP contribution < -0.4 is 0 Å². The first-order valence-electron chi connectivity index (χ1n) is 7.93. The van der Waals surface area contributed by atoms with Gasteiger partial charge in [-0.2, -0.15) is 0 Å². The maximum absolute atomic E-state index is 12.0. The molecule has 1 aliphatic carbocycles. The van der Waals surface area contributed by atoms with Crippen LogP contribution in [0.3, 0.4) is 0 Å². The minimum atomic E-state index is -0.575. The second kappa shape index (κ2) is 8.32. The fraction of sp³-hybridized carbons (Fsp3) is 0.765. The number of hydrogen-bond acceptors (Lipinski definition) is 5. The van der Waals surface area contributed by atoms with Crippen molar-refractivity contribution in [3.8, 4) is 0 Å². The van der Waals surface area contributed by atoms with Crippen molar-refractivity contribution in [2.45, 2.75) is 65.1 Å². The lowest BCUT2D eigenvalue weighted by atomic mass is 9.87. The van der Waals surface area contributed by atoms with Crippen LogP contribution in [0.2, 0.25) is 0 Å². The molecule has 1 rings (SSSR count).